The molecule has 27 heavy (non-hydrogen) atoms. The lowest BCUT2D eigenvalue weighted by Gasteiger charge is -2.38. The summed E-state index contributed by atoms with van der Waals surface area (Å²) in [6.45, 7) is 11.3. The Kier molecular flexibility index (Phi) is 6.43. The SMILES string of the molecule is CN(C(=O)OC(C)(C)C)[C@H]1CC[C@@H](N2CCN(Cc3ccccc3)CC2)C1. The quantitative estimate of drug-likeness (QED) is 0.808. The van der Waals surface area contributed by atoms with Crippen LogP contribution in [0.1, 0.15) is 45.6 Å². The summed E-state index contributed by atoms with van der Waals surface area (Å²) < 4.78 is 5.53. The molecule has 1 heterocycles. The largest absolute Gasteiger partial charge is 0.444 e. The zero-order valence-corrected chi connectivity index (χ0v) is 17.4. The lowest BCUT2D eigenvalue weighted by molar-refractivity contribution is 0.0215. The molecule has 1 aliphatic heterocycles. The molecular weight excluding hydrogens is 338 g/mol. The fraction of sp³-hybridized carbons (Fsp3) is 0.682. The maximum atomic E-state index is 12.3. The Bertz CT molecular complexity index is 606. The number of amides is 1. The fourth-order valence-corrected chi connectivity index (χ4v) is 4.23. The molecule has 0 unspecified atom stereocenters. The van der Waals surface area contributed by atoms with Crippen molar-refractivity contribution in [3.05, 3.63) is 35.9 Å². The molecule has 2 aliphatic rings. The number of rotatable bonds is 4. The van der Waals surface area contributed by atoms with Crippen molar-refractivity contribution in [3.8, 4) is 0 Å². The lowest BCUT2D eigenvalue weighted by Crippen LogP contribution is -2.49. The standard InChI is InChI=1S/C22H35N3O2/c1-22(2,3)27-21(26)23(4)19-10-11-20(16-19)25-14-12-24(13-15-25)17-18-8-6-5-7-9-18/h5-9,19-20H,10-17H2,1-4H3/t19-,20+/m0/s1. The summed E-state index contributed by atoms with van der Waals surface area (Å²) in [6, 6.07) is 11.6. The second-order valence-electron chi connectivity index (χ2n) is 9.01. The Labute approximate surface area is 164 Å². The number of nitrogens with zero attached hydrogens (tertiary/aromatic N) is 3. The second kappa shape index (κ2) is 8.61. The zero-order valence-electron chi connectivity index (χ0n) is 17.4. The molecule has 1 saturated heterocycles. The van der Waals surface area contributed by atoms with E-state index in [0.29, 0.717) is 12.1 Å². The molecule has 5 heteroatoms. The van der Waals surface area contributed by atoms with Gasteiger partial charge in [0.2, 0.25) is 0 Å². The van der Waals surface area contributed by atoms with Gasteiger partial charge in [-0.1, -0.05) is 30.3 Å². The molecule has 2 fully saturated rings. The first kappa shape index (κ1) is 20.2. The van der Waals surface area contributed by atoms with Gasteiger partial charge in [0.1, 0.15) is 5.60 Å². The monoisotopic (exact) mass is 373 g/mol. The number of carbonyl (C=O) groups excluding carboxylic acids is 1. The van der Waals surface area contributed by atoms with Crippen molar-refractivity contribution in [2.75, 3.05) is 33.2 Å². The molecule has 5 nitrogen and oxygen atoms in total. The van der Waals surface area contributed by atoms with Crippen LogP contribution in [0.3, 0.4) is 0 Å². The van der Waals surface area contributed by atoms with Crippen molar-refractivity contribution < 1.29 is 9.53 Å². The summed E-state index contributed by atoms with van der Waals surface area (Å²) in [5.41, 5.74) is 0.962. The molecule has 1 amide bonds. The van der Waals surface area contributed by atoms with Crippen LogP contribution in [0.15, 0.2) is 30.3 Å². The molecule has 0 spiro atoms. The maximum Gasteiger partial charge on any atom is 0.410 e. The number of piperazine rings is 1. The normalized spacial score (nSPS) is 24.7. The van der Waals surface area contributed by atoms with Gasteiger partial charge in [0.05, 0.1) is 0 Å². The fourth-order valence-electron chi connectivity index (χ4n) is 4.23. The van der Waals surface area contributed by atoms with Gasteiger partial charge in [-0.2, -0.15) is 0 Å². The molecule has 1 aromatic carbocycles. The second-order valence-corrected chi connectivity index (χ2v) is 9.01. The third kappa shape index (κ3) is 5.69. The van der Waals surface area contributed by atoms with Gasteiger partial charge >= 0.3 is 6.09 Å². The molecule has 0 radical (unpaired) electrons. The number of hydrogen-bond donors (Lipinski definition) is 0. The van der Waals surface area contributed by atoms with Crippen LogP contribution in [0.25, 0.3) is 0 Å². The predicted molar refractivity (Wildman–Crippen MR) is 109 cm³/mol. The summed E-state index contributed by atoms with van der Waals surface area (Å²) in [4.78, 5) is 19.3. The highest BCUT2D eigenvalue weighted by Crippen LogP contribution is 2.29. The van der Waals surface area contributed by atoms with Crippen molar-refractivity contribution in [3.63, 3.8) is 0 Å². The van der Waals surface area contributed by atoms with E-state index in [1.807, 2.05) is 32.7 Å². The van der Waals surface area contributed by atoms with Gasteiger partial charge in [-0.05, 0) is 45.6 Å². The van der Waals surface area contributed by atoms with E-state index >= 15 is 0 Å². The van der Waals surface area contributed by atoms with Gasteiger partial charge in [0, 0.05) is 51.9 Å². The number of ether oxygens (including phenoxy) is 1. The van der Waals surface area contributed by atoms with Crippen molar-refractivity contribution in [2.24, 2.45) is 0 Å². The molecule has 2 atom stereocenters. The highest BCUT2D eigenvalue weighted by atomic mass is 16.6. The number of carbonyl (C=O) groups is 1. The third-order valence-corrected chi connectivity index (χ3v) is 5.78. The first-order chi connectivity index (χ1) is 12.8. The highest BCUT2D eigenvalue weighted by molar-refractivity contribution is 5.68. The van der Waals surface area contributed by atoms with Crippen LogP contribution < -0.4 is 0 Å². The number of benzene rings is 1. The van der Waals surface area contributed by atoms with Crippen molar-refractivity contribution >= 4 is 6.09 Å². The van der Waals surface area contributed by atoms with E-state index in [2.05, 4.69) is 40.1 Å². The smallest absolute Gasteiger partial charge is 0.410 e. The van der Waals surface area contributed by atoms with Crippen LogP contribution >= 0.6 is 0 Å². The van der Waals surface area contributed by atoms with Crippen molar-refractivity contribution in [1.82, 2.24) is 14.7 Å². The van der Waals surface area contributed by atoms with E-state index in [1.165, 1.54) is 12.0 Å². The van der Waals surface area contributed by atoms with Gasteiger partial charge in [-0.15, -0.1) is 0 Å². The molecule has 0 N–H and O–H groups in total. The van der Waals surface area contributed by atoms with Crippen LogP contribution in [0, 0.1) is 0 Å². The van der Waals surface area contributed by atoms with E-state index in [0.717, 1.165) is 45.6 Å². The topological polar surface area (TPSA) is 36.0 Å². The number of hydrogen-bond acceptors (Lipinski definition) is 4. The average Bonchev–Trinajstić information content (AvgIpc) is 3.11. The highest BCUT2D eigenvalue weighted by Gasteiger charge is 2.35. The van der Waals surface area contributed by atoms with Gasteiger partial charge in [-0.3, -0.25) is 9.80 Å². The predicted octanol–water partition coefficient (Wildman–Crippen LogP) is 3.59. The van der Waals surface area contributed by atoms with Gasteiger partial charge < -0.3 is 9.64 Å². The minimum absolute atomic E-state index is 0.194. The molecular formula is C22H35N3O2. The average molecular weight is 374 g/mol. The van der Waals surface area contributed by atoms with Crippen LogP contribution in [0.4, 0.5) is 4.79 Å². The first-order valence-electron chi connectivity index (χ1n) is 10.3. The van der Waals surface area contributed by atoms with Crippen molar-refractivity contribution in [1.29, 1.82) is 0 Å². The van der Waals surface area contributed by atoms with E-state index in [4.69, 9.17) is 4.74 Å². The Hall–Kier alpha value is -1.59. The zero-order chi connectivity index (χ0) is 19.4. The molecule has 3 rings (SSSR count). The van der Waals surface area contributed by atoms with E-state index < -0.39 is 5.60 Å². The lowest BCUT2D eigenvalue weighted by atomic mass is 10.1. The Morgan fingerprint density at radius 2 is 1.78 bits per heavy atom. The molecule has 1 saturated carbocycles. The van der Waals surface area contributed by atoms with E-state index in [9.17, 15) is 4.79 Å². The van der Waals surface area contributed by atoms with Crippen molar-refractivity contribution in [2.45, 2.75) is 64.3 Å². The molecule has 0 aromatic heterocycles. The minimum atomic E-state index is -0.432. The van der Waals surface area contributed by atoms with Crippen LogP contribution in [-0.2, 0) is 11.3 Å². The molecule has 150 valence electrons. The van der Waals surface area contributed by atoms with Crippen LogP contribution in [0.2, 0.25) is 0 Å². The Balaban J connectivity index is 1.44. The summed E-state index contributed by atoms with van der Waals surface area (Å²) >= 11 is 0. The summed E-state index contributed by atoms with van der Waals surface area (Å²) in [6.07, 6.45) is 3.12. The summed E-state index contributed by atoms with van der Waals surface area (Å²) in [5, 5.41) is 0. The van der Waals surface area contributed by atoms with Crippen LogP contribution in [0.5, 0.6) is 0 Å². The molecule has 1 aliphatic carbocycles. The first-order valence-corrected chi connectivity index (χ1v) is 10.3. The maximum absolute atomic E-state index is 12.3. The minimum Gasteiger partial charge on any atom is -0.444 e. The van der Waals surface area contributed by atoms with Crippen LogP contribution in [-0.4, -0.2) is 71.7 Å². The summed E-state index contributed by atoms with van der Waals surface area (Å²) in [5.74, 6) is 0. The van der Waals surface area contributed by atoms with E-state index in [1.54, 1.807) is 0 Å². The third-order valence-electron chi connectivity index (χ3n) is 5.78. The molecule has 0 bridgehead atoms. The van der Waals surface area contributed by atoms with Gasteiger partial charge in [-0.25, -0.2) is 4.79 Å². The summed E-state index contributed by atoms with van der Waals surface area (Å²) in [7, 11) is 1.89. The van der Waals surface area contributed by atoms with E-state index in [-0.39, 0.29) is 6.09 Å². The van der Waals surface area contributed by atoms with Gasteiger partial charge in [0.25, 0.3) is 0 Å². The Morgan fingerprint density at radius 3 is 2.41 bits per heavy atom. The molecule has 1 aromatic rings. The Morgan fingerprint density at radius 1 is 1.11 bits per heavy atom. The van der Waals surface area contributed by atoms with Gasteiger partial charge in [0.15, 0.2) is 0 Å².